The lowest BCUT2D eigenvalue weighted by Crippen LogP contribution is -2.37. The van der Waals surface area contributed by atoms with Crippen LogP contribution < -0.4 is 4.90 Å². The maximum atomic E-state index is 4.35. The van der Waals surface area contributed by atoms with Crippen molar-refractivity contribution < 1.29 is 0 Å². The highest BCUT2D eigenvalue weighted by atomic mass is 32.1. The summed E-state index contributed by atoms with van der Waals surface area (Å²) in [5.41, 5.74) is 1.73. The number of anilines is 1. The fourth-order valence-electron chi connectivity index (χ4n) is 2.82. The monoisotopic (exact) mass is 294 g/mol. The Hall–Kier alpha value is -1.12. The number of rotatable bonds is 2. The highest BCUT2D eigenvalue weighted by molar-refractivity contribution is 7.18. The molecule has 5 heterocycles. The van der Waals surface area contributed by atoms with Crippen LogP contribution in [0.5, 0.6) is 0 Å². The quantitative estimate of drug-likeness (QED) is 0.833. The molecule has 0 amide bonds. The van der Waals surface area contributed by atoms with E-state index in [0.717, 1.165) is 23.2 Å². The first-order valence-corrected chi connectivity index (χ1v) is 8.15. The first-order chi connectivity index (χ1) is 9.40. The lowest BCUT2D eigenvalue weighted by Gasteiger charge is -2.30. The lowest BCUT2D eigenvalue weighted by molar-refractivity contribution is 0.250. The molecule has 0 N–H and O–H groups in total. The smallest absolute Gasteiger partial charge is 0.209 e. The molecule has 0 aromatic carbocycles. The first kappa shape index (κ1) is 11.7. The van der Waals surface area contributed by atoms with Crippen molar-refractivity contribution in [1.29, 1.82) is 0 Å². The van der Waals surface area contributed by atoms with Crippen LogP contribution in [-0.4, -0.2) is 56.7 Å². The fourth-order valence-corrected chi connectivity index (χ4v) is 4.19. The molecule has 19 heavy (non-hydrogen) atoms. The summed E-state index contributed by atoms with van der Waals surface area (Å²) in [6, 6.07) is 0.628. The summed E-state index contributed by atoms with van der Waals surface area (Å²) in [6.07, 6.45) is 2.48. The van der Waals surface area contributed by atoms with E-state index >= 15 is 0 Å². The van der Waals surface area contributed by atoms with Gasteiger partial charge in [0.05, 0.1) is 0 Å². The summed E-state index contributed by atoms with van der Waals surface area (Å²) in [5, 5.41) is 10.5. The molecule has 5 rings (SSSR count). The topological polar surface area (TPSA) is 58.0 Å². The maximum Gasteiger partial charge on any atom is 0.209 e. The zero-order valence-electron chi connectivity index (χ0n) is 10.4. The number of hydrogen-bond donors (Lipinski definition) is 0. The molecule has 6 nitrogen and oxygen atoms in total. The van der Waals surface area contributed by atoms with Crippen LogP contribution in [0.15, 0.2) is 5.51 Å². The molecule has 0 aliphatic carbocycles. The number of hydrogen-bond acceptors (Lipinski definition) is 8. The molecular formula is C11H14N6S2. The van der Waals surface area contributed by atoms with Crippen LogP contribution in [0.4, 0.5) is 5.13 Å². The second-order valence-corrected chi connectivity index (χ2v) is 6.47. The van der Waals surface area contributed by atoms with Crippen molar-refractivity contribution in [3.8, 4) is 10.8 Å². The molecular weight excluding hydrogens is 280 g/mol. The number of piperidine rings is 1. The minimum absolute atomic E-state index is 0.628. The average Bonchev–Trinajstić information content (AvgIpc) is 3.05. The summed E-state index contributed by atoms with van der Waals surface area (Å²) in [5.74, 6) is 0.705. The number of fused-ring (bicyclic) bond motifs is 4. The summed E-state index contributed by atoms with van der Waals surface area (Å²) >= 11 is 2.96. The van der Waals surface area contributed by atoms with E-state index in [2.05, 4.69) is 29.4 Å². The Morgan fingerprint density at radius 3 is 2.79 bits per heavy atom. The van der Waals surface area contributed by atoms with E-state index in [9.17, 15) is 0 Å². The molecule has 3 aliphatic heterocycles. The van der Waals surface area contributed by atoms with Crippen LogP contribution >= 0.6 is 22.9 Å². The Balaban J connectivity index is 1.62. The van der Waals surface area contributed by atoms with E-state index in [1.807, 2.05) is 0 Å². The summed E-state index contributed by atoms with van der Waals surface area (Å²) in [6.45, 7) is 4.64. The van der Waals surface area contributed by atoms with Crippen molar-refractivity contribution in [2.24, 2.45) is 0 Å². The minimum Gasteiger partial charge on any atom is -0.342 e. The maximum absolute atomic E-state index is 4.35. The Morgan fingerprint density at radius 1 is 1.11 bits per heavy atom. The SMILES string of the molecule is c1nc(-c2nnc(N3CCN4CCC3CC4)s2)ns1. The van der Waals surface area contributed by atoms with Gasteiger partial charge in [-0.05, 0) is 24.4 Å². The van der Waals surface area contributed by atoms with Gasteiger partial charge in [-0.2, -0.15) is 4.37 Å². The molecule has 8 heteroatoms. The van der Waals surface area contributed by atoms with Gasteiger partial charge in [0, 0.05) is 32.2 Å². The summed E-state index contributed by atoms with van der Waals surface area (Å²) in [4.78, 5) is 9.17. The highest BCUT2D eigenvalue weighted by Gasteiger charge is 2.31. The normalized spacial score (nSPS) is 26.6. The summed E-state index contributed by atoms with van der Waals surface area (Å²) in [7, 11) is 0. The van der Waals surface area contributed by atoms with Gasteiger partial charge in [-0.15, -0.1) is 10.2 Å². The zero-order valence-corrected chi connectivity index (χ0v) is 12.0. The van der Waals surface area contributed by atoms with Crippen LogP contribution in [0.25, 0.3) is 10.8 Å². The fraction of sp³-hybridized carbons (Fsp3) is 0.636. The van der Waals surface area contributed by atoms with Crippen molar-refractivity contribution in [3.05, 3.63) is 5.51 Å². The molecule has 0 atom stereocenters. The lowest BCUT2D eigenvalue weighted by atomic mass is 10.1. The molecule has 3 saturated heterocycles. The van der Waals surface area contributed by atoms with Gasteiger partial charge in [-0.1, -0.05) is 11.3 Å². The van der Waals surface area contributed by atoms with Gasteiger partial charge in [0.2, 0.25) is 11.0 Å². The van der Waals surface area contributed by atoms with Gasteiger partial charge in [-0.3, -0.25) is 0 Å². The Kier molecular flexibility index (Phi) is 2.93. The highest BCUT2D eigenvalue weighted by Crippen LogP contribution is 2.31. The zero-order chi connectivity index (χ0) is 12.7. The third kappa shape index (κ3) is 2.13. The van der Waals surface area contributed by atoms with Gasteiger partial charge < -0.3 is 9.80 Å². The number of nitrogens with zero attached hydrogens (tertiary/aromatic N) is 6. The Labute approximate surface area is 119 Å². The molecule has 100 valence electrons. The van der Waals surface area contributed by atoms with Crippen LogP contribution in [0.1, 0.15) is 12.8 Å². The van der Waals surface area contributed by atoms with E-state index in [4.69, 9.17) is 0 Å². The van der Waals surface area contributed by atoms with Gasteiger partial charge in [0.1, 0.15) is 5.51 Å². The molecule has 0 radical (unpaired) electrons. The van der Waals surface area contributed by atoms with E-state index < -0.39 is 0 Å². The molecule has 2 aromatic rings. The largest absolute Gasteiger partial charge is 0.342 e. The molecule has 0 spiro atoms. The third-order valence-electron chi connectivity index (χ3n) is 3.87. The van der Waals surface area contributed by atoms with Gasteiger partial charge in [-0.25, -0.2) is 4.98 Å². The van der Waals surface area contributed by atoms with Crippen molar-refractivity contribution in [2.45, 2.75) is 18.9 Å². The van der Waals surface area contributed by atoms with E-state index in [0.29, 0.717) is 11.9 Å². The molecule has 3 aliphatic rings. The molecule has 3 fully saturated rings. The summed E-state index contributed by atoms with van der Waals surface area (Å²) < 4.78 is 4.22. The van der Waals surface area contributed by atoms with Gasteiger partial charge in [0.25, 0.3) is 0 Å². The predicted molar refractivity (Wildman–Crippen MR) is 75.6 cm³/mol. The second kappa shape index (κ2) is 4.77. The van der Waals surface area contributed by atoms with Crippen molar-refractivity contribution in [2.75, 3.05) is 31.1 Å². The first-order valence-electron chi connectivity index (χ1n) is 6.49. The van der Waals surface area contributed by atoms with E-state index in [-0.39, 0.29) is 0 Å². The van der Waals surface area contributed by atoms with Crippen molar-refractivity contribution >= 4 is 28.0 Å². The second-order valence-electron chi connectivity index (χ2n) is 4.91. The molecule has 2 bridgehead atoms. The van der Waals surface area contributed by atoms with Crippen LogP contribution in [0.2, 0.25) is 0 Å². The molecule has 0 saturated carbocycles. The number of aromatic nitrogens is 4. The van der Waals surface area contributed by atoms with Crippen molar-refractivity contribution in [1.82, 2.24) is 24.5 Å². The predicted octanol–water partition coefficient (Wildman–Crippen LogP) is 1.34. The minimum atomic E-state index is 0.628. The molecule has 2 aromatic heterocycles. The van der Waals surface area contributed by atoms with E-state index in [1.165, 1.54) is 37.5 Å². The average molecular weight is 294 g/mol. The third-order valence-corrected chi connectivity index (χ3v) is 5.30. The van der Waals surface area contributed by atoms with Gasteiger partial charge in [0.15, 0.2) is 5.01 Å². The molecule has 0 unspecified atom stereocenters. The van der Waals surface area contributed by atoms with Crippen LogP contribution in [0, 0.1) is 0 Å². The van der Waals surface area contributed by atoms with Crippen LogP contribution in [-0.2, 0) is 0 Å². The Morgan fingerprint density at radius 2 is 2.00 bits per heavy atom. The van der Waals surface area contributed by atoms with Crippen LogP contribution in [0.3, 0.4) is 0 Å². The van der Waals surface area contributed by atoms with E-state index in [1.54, 1.807) is 16.8 Å². The standard InChI is InChI=1S/C11H14N6S2/c1-3-16-4-2-8(1)17(6-5-16)11-14-13-10(19-11)9-12-7-18-15-9/h7-8H,1-6H2. The van der Waals surface area contributed by atoms with Crippen molar-refractivity contribution in [3.63, 3.8) is 0 Å². The van der Waals surface area contributed by atoms with Gasteiger partial charge >= 0.3 is 0 Å². The Bertz CT molecular complexity index is 545.